The van der Waals surface area contributed by atoms with E-state index >= 15 is 0 Å². The topological polar surface area (TPSA) is 38.0 Å². The smallest absolute Gasteiger partial charge is 0.0136 e. The highest BCUT2D eigenvalue weighted by atomic mass is 15.0. The van der Waals surface area contributed by atoms with Gasteiger partial charge < -0.3 is 11.1 Å². The van der Waals surface area contributed by atoms with Crippen LogP contribution in [-0.2, 0) is 0 Å². The van der Waals surface area contributed by atoms with E-state index in [2.05, 4.69) is 5.32 Å². The van der Waals surface area contributed by atoms with E-state index in [0.717, 1.165) is 12.6 Å². The maximum Gasteiger partial charge on any atom is 0.0136 e. The van der Waals surface area contributed by atoms with Crippen LogP contribution in [0.3, 0.4) is 0 Å². The van der Waals surface area contributed by atoms with Crippen molar-refractivity contribution in [3.05, 3.63) is 0 Å². The fourth-order valence-corrected chi connectivity index (χ4v) is 0.640. The van der Waals surface area contributed by atoms with Crippen LogP contribution in [0.2, 0.25) is 0 Å². The second-order valence-electron chi connectivity index (χ2n) is 2.66. The summed E-state index contributed by atoms with van der Waals surface area (Å²) in [7, 11) is 0. The van der Waals surface area contributed by atoms with Crippen LogP contribution in [0.1, 0.15) is 19.8 Å². The quantitative estimate of drug-likeness (QED) is 0.545. The molecule has 48 valence electrons. The van der Waals surface area contributed by atoms with E-state index in [0.29, 0.717) is 6.04 Å². The Morgan fingerprint density at radius 2 is 2.38 bits per heavy atom. The molecule has 1 aliphatic rings. The Bertz CT molecular complexity index is 64.9. The highest BCUT2D eigenvalue weighted by molar-refractivity contribution is 4.81. The van der Waals surface area contributed by atoms with Crippen molar-refractivity contribution < 1.29 is 0 Å². The first kappa shape index (κ1) is 6.05. The lowest BCUT2D eigenvalue weighted by Gasteiger charge is -2.03. The standard InChI is InChI=1S/C6H14N2/c1-5(7)4-8-6-2-3-6/h5-6,8H,2-4,7H2,1H3/t5-/m0/s1. The highest BCUT2D eigenvalue weighted by Crippen LogP contribution is 2.17. The summed E-state index contributed by atoms with van der Waals surface area (Å²) in [5.74, 6) is 0. The lowest BCUT2D eigenvalue weighted by molar-refractivity contribution is 0.605. The molecule has 0 saturated heterocycles. The molecule has 0 heterocycles. The molecule has 0 bridgehead atoms. The monoisotopic (exact) mass is 114 g/mol. The van der Waals surface area contributed by atoms with Gasteiger partial charge in [-0.3, -0.25) is 0 Å². The van der Waals surface area contributed by atoms with E-state index in [-0.39, 0.29) is 0 Å². The molecule has 2 nitrogen and oxygen atoms in total. The number of hydrogen-bond donors (Lipinski definition) is 2. The van der Waals surface area contributed by atoms with Gasteiger partial charge >= 0.3 is 0 Å². The Morgan fingerprint density at radius 1 is 1.75 bits per heavy atom. The third kappa shape index (κ3) is 2.28. The van der Waals surface area contributed by atoms with Gasteiger partial charge in [-0.05, 0) is 19.8 Å². The molecule has 1 saturated carbocycles. The molecular formula is C6H14N2. The third-order valence-corrected chi connectivity index (χ3v) is 1.31. The van der Waals surface area contributed by atoms with Gasteiger partial charge in [0.05, 0.1) is 0 Å². The van der Waals surface area contributed by atoms with Gasteiger partial charge in [0.2, 0.25) is 0 Å². The maximum atomic E-state index is 5.51. The molecular weight excluding hydrogens is 100 g/mol. The summed E-state index contributed by atoms with van der Waals surface area (Å²) in [4.78, 5) is 0. The van der Waals surface area contributed by atoms with Gasteiger partial charge in [0.15, 0.2) is 0 Å². The summed E-state index contributed by atoms with van der Waals surface area (Å²) in [5.41, 5.74) is 5.51. The van der Waals surface area contributed by atoms with Gasteiger partial charge in [-0.25, -0.2) is 0 Å². The highest BCUT2D eigenvalue weighted by Gasteiger charge is 2.19. The summed E-state index contributed by atoms with van der Waals surface area (Å²) in [5, 5.41) is 3.33. The van der Waals surface area contributed by atoms with Crippen LogP contribution in [0.15, 0.2) is 0 Å². The zero-order chi connectivity index (χ0) is 5.98. The van der Waals surface area contributed by atoms with Crippen molar-refractivity contribution in [1.29, 1.82) is 0 Å². The van der Waals surface area contributed by atoms with Crippen molar-refractivity contribution in [2.45, 2.75) is 31.8 Å². The Morgan fingerprint density at radius 3 is 2.75 bits per heavy atom. The van der Waals surface area contributed by atoms with E-state index in [4.69, 9.17) is 5.73 Å². The summed E-state index contributed by atoms with van der Waals surface area (Å²) in [6, 6.07) is 1.12. The molecule has 0 radical (unpaired) electrons. The second-order valence-corrected chi connectivity index (χ2v) is 2.66. The Kier molecular flexibility index (Phi) is 1.86. The number of rotatable bonds is 3. The zero-order valence-electron chi connectivity index (χ0n) is 5.35. The molecule has 1 rings (SSSR count). The predicted octanol–water partition coefficient (Wildman–Crippen LogP) is 0.0856. The van der Waals surface area contributed by atoms with Crippen LogP contribution in [0.25, 0.3) is 0 Å². The average molecular weight is 114 g/mol. The lowest BCUT2D eigenvalue weighted by Crippen LogP contribution is -2.32. The number of nitrogens with one attached hydrogen (secondary N) is 1. The molecule has 0 amide bonds. The summed E-state index contributed by atoms with van der Waals surface area (Å²) in [6.07, 6.45) is 2.71. The van der Waals surface area contributed by atoms with Gasteiger partial charge in [-0.2, -0.15) is 0 Å². The van der Waals surface area contributed by atoms with Gasteiger partial charge in [-0.15, -0.1) is 0 Å². The van der Waals surface area contributed by atoms with Crippen LogP contribution in [-0.4, -0.2) is 18.6 Å². The summed E-state index contributed by atoms with van der Waals surface area (Å²) < 4.78 is 0. The van der Waals surface area contributed by atoms with E-state index in [1.54, 1.807) is 0 Å². The van der Waals surface area contributed by atoms with Crippen LogP contribution >= 0.6 is 0 Å². The molecule has 1 atom stereocenters. The summed E-state index contributed by atoms with van der Waals surface area (Å²) in [6.45, 7) is 3.00. The first-order valence-electron chi connectivity index (χ1n) is 3.28. The minimum absolute atomic E-state index is 0.315. The van der Waals surface area contributed by atoms with Crippen LogP contribution in [0, 0.1) is 0 Å². The predicted molar refractivity (Wildman–Crippen MR) is 34.7 cm³/mol. The minimum Gasteiger partial charge on any atom is -0.327 e. The zero-order valence-corrected chi connectivity index (χ0v) is 5.35. The largest absolute Gasteiger partial charge is 0.327 e. The van der Waals surface area contributed by atoms with E-state index < -0.39 is 0 Å². The Hall–Kier alpha value is -0.0800. The third-order valence-electron chi connectivity index (χ3n) is 1.31. The Balaban J connectivity index is 1.87. The molecule has 2 heteroatoms. The lowest BCUT2D eigenvalue weighted by atomic mass is 10.4. The maximum absolute atomic E-state index is 5.51. The van der Waals surface area contributed by atoms with Crippen molar-refractivity contribution in [3.63, 3.8) is 0 Å². The number of hydrogen-bond acceptors (Lipinski definition) is 2. The first-order chi connectivity index (χ1) is 3.79. The average Bonchev–Trinajstić information content (AvgIpc) is 2.41. The molecule has 0 spiro atoms. The molecule has 1 fully saturated rings. The molecule has 0 unspecified atom stereocenters. The second kappa shape index (κ2) is 2.46. The van der Waals surface area contributed by atoms with E-state index in [1.807, 2.05) is 6.92 Å². The van der Waals surface area contributed by atoms with Crippen molar-refractivity contribution >= 4 is 0 Å². The molecule has 3 N–H and O–H groups in total. The van der Waals surface area contributed by atoms with E-state index in [9.17, 15) is 0 Å². The van der Waals surface area contributed by atoms with Gasteiger partial charge in [-0.1, -0.05) is 0 Å². The molecule has 0 aromatic rings. The fraction of sp³-hybridized carbons (Fsp3) is 1.00. The Labute approximate surface area is 50.4 Å². The van der Waals surface area contributed by atoms with Crippen LogP contribution < -0.4 is 11.1 Å². The van der Waals surface area contributed by atoms with Gasteiger partial charge in [0.25, 0.3) is 0 Å². The van der Waals surface area contributed by atoms with Crippen LogP contribution in [0.4, 0.5) is 0 Å². The number of nitrogens with two attached hydrogens (primary N) is 1. The fourth-order valence-electron chi connectivity index (χ4n) is 0.640. The first-order valence-corrected chi connectivity index (χ1v) is 3.28. The van der Waals surface area contributed by atoms with E-state index in [1.165, 1.54) is 12.8 Å². The van der Waals surface area contributed by atoms with Crippen molar-refractivity contribution in [2.75, 3.05) is 6.54 Å². The molecule has 8 heavy (non-hydrogen) atoms. The summed E-state index contributed by atoms with van der Waals surface area (Å²) >= 11 is 0. The molecule has 0 aromatic carbocycles. The van der Waals surface area contributed by atoms with Crippen molar-refractivity contribution in [3.8, 4) is 0 Å². The molecule has 0 aliphatic heterocycles. The normalized spacial score (nSPS) is 23.2. The van der Waals surface area contributed by atoms with Crippen molar-refractivity contribution in [2.24, 2.45) is 5.73 Å². The molecule has 1 aliphatic carbocycles. The van der Waals surface area contributed by atoms with Crippen LogP contribution in [0.5, 0.6) is 0 Å². The SMILES string of the molecule is C[C@H](N)CNC1CC1. The molecule has 0 aromatic heterocycles. The van der Waals surface area contributed by atoms with Gasteiger partial charge in [0.1, 0.15) is 0 Å². The van der Waals surface area contributed by atoms with Gasteiger partial charge in [0, 0.05) is 18.6 Å². The van der Waals surface area contributed by atoms with Crippen molar-refractivity contribution in [1.82, 2.24) is 5.32 Å². The minimum atomic E-state index is 0.315.